The van der Waals surface area contributed by atoms with Crippen molar-refractivity contribution in [1.29, 1.82) is 0 Å². The first-order chi connectivity index (χ1) is 8.99. The summed E-state index contributed by atoms with van der Waals surface area (Å²) in [5, 5.41) is 3.08. The number of H-pyrrole nitrogens is 1. The van der Waals surface area contributed by atoms with E-state index in [-0.39, 0.29) is 11.5 Å². The van der Waals surface area contributed by atoms with Crippen molar-refractivity contribution >= 4 is 11.5 Å². The highest BCUT2D eigenvalue weighted by atomic mass is 16.2. The zero-order valence-electron chi connectivity index (χ0n) is 11.4. The molecule has 0 radical (unpaired) electrons. The van der Waals surface area contributed by atoms with Crippen LogP contribution in [0, 0.1) is 5.92 Å². The highest BCUT2D eigenvalue weighted by Crippen LogP contribution is 2.16. The Morgan fingerprint density at radius 2 is 2.16 bits per heavy atom. The van der Waals surface area contributed by atoms with Crippen molar-refractivity contribution in [2.75, 3.05) is 37.7 Å². The number of hydrogen-bond acceptors (Lipinski definition) is 5. The molecule has 1 aromatic heterocycles. The van der Waals surface area contributed by atoms with E-state index in [9.17, 15) is 9.59 Å². The number of nitrogens with one attached hydrogen (secondary N) is 2. The third-order valence-corrected chi connectivity index (χ3v) is 3.66. The molecule has 1 aliphatic heterocycles. The van der Waals surface area contributed by atoms with Gasteiger partial charge in [0, 0.05) is 20.1 Å². The summed E-state index contributed by atoms with van der Waals surface area (Å²) < 4.78 is 1.23. The Morgan fingerprint density at radius 1 is 1.42 bits per heavy atom. The minimum Gasteiger partial charge on any atom is -0.383 e. The van der Waals surface area contributed by atoms with E-state index in [1.165, 1.54) is 18.0 Å². The normalized spacial score (nSPS) is 20.4. The number of anilines is 2. The molecule has 0 bridgehead atoms. The predicted molar refractivity (Wildman–Crippen MR) is 75.4 cm³/mol. The van der Waals surface area contributed by atoms with Gasteiger partial charge in [0.2, 0.25) is 0 Å². The monoisotopic (exact) mass is 267 g/mol. The second-order valence-electron chi connectivity index (χ2n) is 5.23. The summed E-state index contributed by atoms with van der Waals surface area (Å²) in [5.41, 5.74) is 5.14. The van der Waals surface area contributed by atoms with Crippen LogP contribution >= 0.6 is 0 Å². The Balaban J connectivity index is 2.10. The molecule has 1 atom stereocenters. The number of nitrogens with zero attached hydrogens (tertiary/aromatic N) is 2. The number of hydrogen-bond donors (Lipinski definition) is 3. The Bertz CT molecular complexity index is 562. The molecule has 1 unspecified atom stereocenters. The lowest BCUT2D eigenvalue weighted by molar-refractivity contribution is 0.217. The zero-order chi connectivity index (χ0) is 14.0. The first-order valence-electron chi connectivity index (χ1n) is 6.50. The lowest BCUT2D eigenvalue weighted by Gasteiger charge is -2.30. The lowest BCUT2D eigenvalue weighted by atomic mass is 9.98. The van der Waals surface area contributed by atoms with Gasteiger partial charge in [-0.1, -0.05) is 0 Å². The molecule has 0 spiro atoms. The van der Waals surface area contributed by atoms with Gasteiger partial charge in [-0.25, -0.2) is 4.79 Å². The molecule has 1 aliphatic rings. The van der Waals surface area contributed by atoms with Crippen LogP contribution in [0.4, 0.5) is 11.5 Å². The van der Waals surface area contributed by atoms with Gasteiger partial charge >= 0.3 is 5.69 Å². The van der Waals surface area contributed by atoms with Crippen LogP contribution in [0.1, 0.15) is 12.8 Å². The molecule has 0 aromatic carbocycles. The second kappa shape index (κ2) is 5.48. The Labute approximate surface area is 111 Å². The van der Waals surface area contributed by atoms with Gasteiger partial charge in [-0.15, -0.1) is 0 Å². The molecule has 0 saturated carbocycles. The van der Waals surface area contributed by atoms with E-state index in [0.717, 1.165) is 19.5 Å². The van der Waals surface area contributed by atoms with Gasteiger partial charge in [-0.2, -0.15) is 0 Å². The molecule has 1 aromatic rings. The molecule has 2 rings (SSSR count). The van der Waals surface area contributed by atoms with Gasteiger partial charge in [0.05, 0.1) is 0 Å². The summed E-state index contributed by atoms with van der Waals surface area (Å²) in [6.07, 6.45) is 2.31. The maximum Gasteiger partial charge on any atom is 0.329 e. The lowest BCUT2D eigenvalue weighted by Crippen LogP contribution is -2.37. The van der Waals surface area contributed by atoms with Gasteiger partial charge in [-0.05, 0) is 32.4 Å². The molecule has 2 heterocycles. The molecule has 7 nitrogen and oxygen atoms in total. The van der Waals surface area contributed by atoms with Gasteiger partial charge in [0.25, 0.3) is 5.56 Å². The average molecular weight is 267 g/mol. The van der Waals surface area contributed by atoms with E-state index in [1.54, 1.807) is 0 Å². The van der Waals surface area contributed by atoms with Crippen molar-refractivity contribution in [3.8, 4) is 0 Å². The summed E-state index contributed by atoms with van der Waals surface area (Å²) in [6.45, 7) is 2.82. The van der Waals surface area contributed by atoms with Crippen LogP contribution < -0.4 is 22.3 Å². The van der Waals surface area contributed by atoms with E-state index in [2.05, 4.69) is 22.2 Å². The summed E-state index contributed by atoms with van der Waals surface area (Å²) in [4.78, 5) is 27.6. The number of aromatic amines is 1. The fourth-order valence-corrected chi connectivity index (χ4v) is 2.49. The van der Waals surface area contributed by atoms with Crippen LogP contribution in [0.25, 0.3) is 0 Å². The SMILES string of the molecule is CN1CCCC(CNc2c(N)n(C)c(=O)[nH]c2=O)C1. The number of piperidine rings is 1. The van der Waals surface area contributed by atoms with Gasteiger partial charge in [0.15, 0.2) is 0 Å². The third kappa shape index (κ3) is 2.98. The van der Waals surface area contributed by atoms with Crippen molar-refractivity contribution in [1.82, 2.24) is 14.5 Å². The smallest absolute Gasteiger partial charge is 0.329 e. The van der Waals surface area contributed by atoms with Crippen LogP contribution in [0.2, 0.25) is 0 Å². The molecule has 106 valence electrons. The zero-order valence-corrected chi connectivity index (χ0v) is 11.4. The first kappa shape index (κ1) is 13.7. The van der Waals surface area contributed by atoms with Crippen molar-refractivity contribution in [3.05, 3.63) is 20.8 Å². The Kier molecular flexibility index (Phi) is 3.94. The molecule has 1 fully saturated rings. The van der Waals surface area contributed by atoms with Crippen molar-refractivity contribution in [3.63, 3.8) is 0 Å². The summed E-state index contributed by atoms with van der Waals surface area (Å²) in [5.74, 6) is 0.674. The number of aromatic nitrogens is 2. The average Bonchev–Trinajstić information content (AvgIpc) is 2.36. The molecule has 19 heavy (non-hydrogen) atoms. The molecule has 4 N–H and O–H groups in total. The Hall–Kier alpha value is -1.76. The molecule has 1 saturated heterocycles. The van der Waals surface area contributed by atoms with E-state index in [1.807, 2.05) is 0 Å². The summed E-state index contributed by atoms with van der Waals surface area (Å²) in [7, 11) is 3.63. The van der Waals surface area contributed by atoms with E-state index >= 15 is 0 Å². The second-order valence-corrected chi connectivity index (χ2v) is 5.23. The summed E-state index contributed by atoms with van der Waals surface area (Å²) >= 11 is 0. The van der Waals surface area contributed by atoms with Crippen LogP contribution in [-0.2, 0) is 7.05 Å². The van der Waals surface area contributed by atoms with Crippen LogP contribution in [-0.4, -0.2) is 41.1 Å². The first-order valence-corrected chi connectivity index (χ1v) is 6.50. The van der Waals surface area contributed by atoms with Crippen molar-refractivity contribution in [2.24, 2.45) is 13.0 Å². The largest absolute Gasteiger partial charge is 0.383 e. The van der Waals surface area contributed by atoms with Crippen LogP contribution in [0.3, 0.4) is 0 Å². The minimum absolute atomic E-state index is 0.179. The Morgan fingerprint density at radius 3 is 2.84 bits per heavy atom. The topological polar surface area (TPSA) is 96.2 Å². The summed E-state index contributed by atoms with van der Waals surface area (Å²) in [6, 6.07) is 0. The number of likely N-dealkylation sites (tertiary alicyclic amines) is 1. The maximum atomic E-state index is 11.7. The molecule has 7 heteroatoms. The van der Waals surface area contributed by atoms with Crippen molar-refractivity contribution in [2.45, 2.75) is 12.8 Å². The fourth-order valence-electron chi connectivity index (χ4n) is 2.49. The van der Waals surface area contributed by atoms with Gasteiger partial charge < -0.3 is 16.0 Å². The highest BCUT2D eigenvalue weighted by molar-refractivity contribution is 5.60. The third-order valence-electron chi connectivity index (χ3n) is 3.66. The molecule has 0 aliphatic carbocycles. The van der Waals surface area contributed by atoms with Crippen LogP contribution in [0.5, 0.6) is 0 Å². The minimum atomic E-state index is -0.495. The number of nitrogens with two attached hydrogens (primary N) is 1. The predicted octanol–water partition coefficient (Wildman–Crippen LogP) is -0.590. The molecular formula is C12H21N5O2. The van der Waals surface area contributed by atoms with Crippen molar-refractivity contribution < 1.29 is 0 Å². The highest BCUT2D eigenvalue weighted by Gasteiger charge is 2.18. The molecular weight excluding hydrogens is 246 g/mol. The standard InChI is InChI=1S/C12H21N5O2/c1-16-5-3-4-8(7-16)6-14-9-10(13)17(2)12(19)15-11(9)18/h8,14H,3-7,13H2,1-2H3,(H,15,18,19). The maximum absolute atomic E-state index is 11.7. The quantitative estimate of drug-likeness (QED) is 0.680. The van der Waals surface area contributed by atoms with Crippen LogP contribution in [0.15, 0.2) is 9.59 Å². The fraction of sp³-hybridized carbons (Fsp3) is 0.667. The number of rotatable bonds is 3. The van der Waals surface area contributed by atoms with Gasteiger partial charge in [0.1, 0.15) is 11.5 Å². The molecule has 0 amide bonds. The van der Waals surface area contributed by atoms with E-state index in [0.29, 0.717) is 12.5 Å². The number of nitrogen functional groups attached to an aromatic ring is 1. The van der Waals surface area contributed by atoms with Gasteiger partial charge in [-0.3, -0.25) is 14.3 Å². The van der Waals surface area contributed by atoms with E-state index in [4.69, 9.17) is 5.73 Å². The van der Waals surface area contributed by atoms with E-state index < -0.39 is 11.2 Å².